The van der Waals surface area contributed by atoms with E-state index in [1.807, 2.05) is 0 Å². The van der Waals surface area contributed by atoms with Crippen molar-refractivity contribution in [2.75, 3.05) is 11.9 Å². The monoisotopic (exact) mass is 237 g/mol. The lowest BCUT2D eigenvalue weighted by Crippen LogP contribution is -2.14. The standard InChI is InChI=1S/C13H16FNO2/c14-11-3-5-12(6-4-11)15-8-9-1-2-10(7-9)13(16)17/h3-6,9-10,15H,1-2,7-8H2,(H,16,17). The Balaban J connectivity index is 1.80. The van der Waals surface area contributed by atoms with Crippen LogP contribution in [0, 0.1) is 17.7 Å². The van der Waals surface area contributed by atoms with Gasteiger partial charge in [0, 0.05) is 12.2 Å². The van der Waals surface area contributed by atoms with Crippen molar-refractivity contribution in [1.29, 1.82) is 0 Å². The number of carbonyl (C=O) groups is 1. The molecule has 3 nitrogen and oxygen atoms in total. The third-order valence-electron chi connectivity index (χ3n) is 3.33. The molecule has 1 aromatic carbocycles. The average Bonchev–Trinajstić information content (AvgIpc) is 2.77. The molecule has 17 heavy (non-hydrogen) atoms. The van der Waals surface area contributed by atoms with E-state index in [1.54, 1.807) is 12.1 Å². The minimum Gasteiger partial charge on any atom is -0.481 e. The largest absolute Gasteiger partial charge is 0.481 e. The highest BCUT2D eigenvalue weighted by molar-refractivity contribution is 5.70. The highest BCUT2D eigenvalue weighted by Gasteiger charge is 2.29. The van der Waals surface area contributed by atoms with E-state index in [9.17, 15) is 9.18 Å². The van der Waals surface area contributed by atoms with Crippen molar-refractivity contribution in [2.45, 2.75) is 19.3 Å². The third-order valence-corrected chi connectivity index (χ3v) is 3.33. The molecule has 0 spiro atoms. The van der Waals surface area contributed by atoms with Gasteiger partial charge in [-0.3, -0.25) is 4.79 Å². The van der Waals surface area contributed by atoms with Crippen molar-refractivity contribution in [3.8, 4) is 0 Å². The number of rotatable bonds is 4. The number of anilines is 1. The van der Waals surface area contributed by atoms with E-state index in [-0.39, 0.29) is 11.7 Å². The number of halogens is 1. The second kappa shape index (κ2) is 5.17. The van der Waals surface area contributed by atoms with Gasteiger partial charge in [-0.2, -0.15) is 0 Å². The fraction of sp³-hybridized carbons (Fsp3) is 0.462. The number of hydrogen-bond acceptors (Lipinski definition) is 2. The molecule has 0 aromatic heterocycles. The quantitative estimate of drug-likeness (QED) is 0.846. The molecule has 1 fully saturated rings. The zero-order valence-corrected chi connectivity index (χ0v) is 9.53. The number of aliphatic carboxylic acids is 1. The van der Waals surface area contributed by atoms with Crippen molar-refractivity contribution < 1.29 is 14.3 Å². The van der Waals surface area contributed by atoms with E-state index >= 15 is 0 Å². The Morgan fingerprint density at radius 3 is 2.65 bits per heavy atom. The molecule has 0 radical (unpaired) electrons. The molecule has 1 aromatic rings. The molecule has 0 amide bonds. The first-order chi connectivity index (χ1) is 8.15. The van der Waals surface area contributed by atoms with Crippen LogP contribution < -0.4 is 5.32 Å². The maximum atomic E-state index is 12.7. The molecule has 92 valence electrons. The first kappa shape index (κ1) is 11.9. The Morgan fingerprint density at radius 2 is 2.06 bits per heavy atom. The maximum Gasteiger partial charge on any atom is 0.306 e. The summed E-state index contributed by atoms with van der Waals surface area (Å²) in [4.78, 5) is 10.8. The molecule has 0 saturated heterocycles. The summed E-state index contributed by atoms with van der Waals surface area (Å²) in [5.74, 6) is -0.715. The molecule has 4 heteroatoms. The summed E-state index contributed by atoms with van der Waals surface area (Å²) in [6.07, 6.45) is 2.46. The molecule has 0 aliphatic heterocycles. The molecule has 2 N–H and O–H groups in total. The van der Waals surface area contributed by atoms with Gasteiger partial charge in [0.1, 0.15) is 5.82 Å². The second-order valence-corrected chi connectivity index (χ2v) is 4.60. The van der Waals surface area contributed by atoms with Gasteiger partial charge in [0.25, 0.3) is 0 Å². The van der Waals surface area contributed by atoms with Crippen LogP contribution in [0.4, 0.5) is 10.1 Å². The van der Waals surface area contributed by atoms with Gasteiger partial charge < -0.3 is 10.4 Å². The summed E-state index contributed by atoms with van der Waals surface area (Å²) in [6, 6.07) is 6.21. The fourth-order valence-electron chi connectivity index (χ4n) is 2.31. The van der Waals surface area contributed by atoms with E-state index in [4.69, 9.17) is 5.11 Å². The van der Waals surface area contributed by atoms with Gasteiger partial charge in [-0.15, -0.1) is 0 Å². The molecule has 0 bridgehead atoms. The molecular weight excluding hydrogens is 221 g/mol. The number of benzene rings is 1. The Labute approximate surface area is 99.7 Å². The lowest BCUT2D eigenvalue weighted by Gasteiger charge is -2.12. The van der Waals surface area contributed by atoms with Crippen LogP contribution in [0.3, 0.4) is 0 Å². The zero-order chi connectivity index (χ0) is 12.3. The first-order valence-electron chi connectivity index (χ1n) is 5.87. The third kappa shape index (κ3) is 3.19. The van der Waals surface area contributed by atoms with Crippen LogP contribution in [0.15, 0.2) is 24.3 Å². The molecule has 2 atom stereocenters. The van der Waals surface area contributed by atoms with Crippen LogP contribution in [0.5, 0.6) is 0 Å². The predicted octanol–water partition coefficient (Wildman–Crippen LogP) is 2.74. The molecule has 2 rings (SSSR count). The number of nitrogens with one attached hydrogen (secondary N) is 1. The fourth-order valence-corrected chi connectivity index (χ4v) is 2.31. The summed E-state index contributed by atoms with van der Waals surface area (Å²) in [5, 5.41) is 12.1. The minimum absolute atomic E-state index is 0.185. The van der Waals surface area contributed by atoms with Crippen molar-refractivity contribution in [3.05, 3.63) is 30.1 Å². The number of carboxylic acid groups (broad SMARTS) is 1. The summed E-state index contributed by atoms with van der Waals surface area (Å²) < 4.78 is 12.7. The van der Waals surface area contributed by atoms with E-state index < -0.39 is 5.97 Å². The lowest BCUT2D eigenvalue weighted by atomic mass is 10.1. The smallest absolute Gasteiger partial charge is 0.306 e. The van der Waals surface area contributed by atoms with Crippen molar-refractivity contribution in [3.63, 3.8) is 0 Å². The molecular formula is C13H16FNO2. The summed E-state index contributed by atoms with van der Waals surface area (Å²) in [6.45, 7) is 0.759. The van der Waals surface area contributed by atoms with Crippen LogP contribution in [0.25, 0.3) is 0 Å². The zero-order valence-electron chi connectivity index (χ0n) is 9.53. The summed E-state index contributed by atoms with van der Waals surface area (Å²) in [7, 11) is 0. The van der Waals surface area contributed by atoms with Gasteiger partial charge in [0.2, 0.25) is 0 Å². The van der Waals surface area contributed by atoms with Gasteiger partial charge in [0.05, 0.1) is 5.92 Å². The number of carboxylic acids is 1. The van der Waals surface area contributed by atoms with Crippen LogP contribution in [0.2, 0.25) is 0 Å². The lowest BCUT2D eigenvalue weighted by molar-refractivity contribution is -0.141. The SMILES string of the molecule is O=C(O)C1CCC(CNc2ccc(F)cc2)C1. The summed E-state index contributed by atoms with van der Waals surface area (Å²) >= 11 is 0. The molecule has 2 unspecified atom stereocenters. The molecule has 1 saturated carbocycles. The highest BCUT2D eigenvalue weighted by atomic mass is 19.1. The van der Waals surface area contributed by atoms with Gasteiger partial charge in [-0.1, -0.05) is 0 Å². The molecule has 0 heterocycles. The van der Waals surface area contributed by atoms with Gasteiger partial charge in [-0.25, -0.2) is 4.39 Å². The highest BCUT2D eigenvalue weighted by Crippen LogP contribution is 2.31. The van der Waals surface area contributed by atoms with E-state index in [0.29, 0.717) is 5.92 Å². The second-order valence-electron chi connectivity index (χ2n) is 4.60. The van der Waals surface area contributed by atoms with Crippen LogP contribution in [0.1, 0.15) is 19.3 Å². The summed E-state index contributed by atoms with van der Waals surface area (Å²) in [5.41, 5.74) is 0.880. The first-order valence-corrected chi connectivity index (χ1v) is 5.87. The molecule has 1 aliphatic rings. The van der Waals surface area contributed by atoms with Crippen LogP contribution >= 0.6 is 0 Å². The predicted molar refractivity (Wildman–Crippen MR) is 63.4 cm³/mol. The Bertz CT molecular complexity index is 391. The number of hydrogen-bond donors (Lipinski definition) is 2. The maximum absolute atomic E-state index is 12.7. The van der Waals surface area contributed by atoms with E-state index in [0.717, 1.165) is 31.5 Å². The van der Waals surface area contributed by atoms with Crippen molar-refractivity contribution >= 4 is 11.7 Å². The van der Waals surface area contributed by atoms with Crippen molar-refractivity contribution in [1.82, 2.24) is 0 Å². The normalized spacial score (nSPS) is 23.6. The Hall–Kier alpha value is -1.58. The molecule has 1 aliphatic carbocycles. The van der Waals surface area contributed by atoms with Crippen LogP contribution in [-0.2, 0) is 4.79 Å². The van der Waals surface area contributed by atoms with Crippen molar-refractivity contribution in [2.24, 2.45) is 11.8 Å². The average molecular weight is 237 g/mol. The van der Waals surface area contributed by atoms with E-state index in [2.05, 4.69) is 5.32 Å². The van der Waals surface area contributed by atoms with Gasteiger partial charge in [-0.05, 0) is 49.4 Å². The van der Waals surface area contributed by atoms with Crippen LogP contribution in [-0.4, -0.2) is 17.6 Å². The Kier molecular flexibility index (Phi) is 3.61. The van der Waals surface area contributed by atoms with E-state index in [1.165, 1.54) is 12.1 Å². The minimum atomic E-state index is -0.686. The van der Waals surface area contributed by atoms with Gasteiger partial charge in [0.15, 0.2) is 0 Å². The topological polar surface area (TPSA) is 49.3 Å². The van der Waals surface area contributed by atoms with Gasteiger partial charge >= 0.3 is 5.97 Å². The Morgan fingerprint density at radius 1 is 1.35 bits per heavy atom.